The molecule has 2 heterocycles. The molecule has 7 heteroatoms. The summed E-state index contributed by atoms with van der Waals surface area (Å²) in [5.41, 5.74) is 1.05. The highest BCUT2D eigenvalue weighted by atomic mass is 32.1. The number of aryl methyl sites for hydroxylation is 1. The number of fused-ring (bicyclic) bond motifs is 1. The zero-order valence-electron chi connectivity index (χ0n) is 10.5. The predicted octanol–water partition coefficient (Wildman–Crippen LogP) is 2.23. The van der Waals surface area contributed by atoms with Crippen LogP contribution in [0.25, 0.3) is 0 Å². The fraction of sp³-hybridized carbons (Fsp3) is 0.308. The van der Waals surface area contributed by atoms with Crippen molar-refractivity contribution in [3.63, 3.8) is 0 Å². The lowest BCUT2D eigenvalue weighted by atomic mass is 9.87. The minimum atomic E-state index is -1.10. The van der Waals surface area contributed by atoms with Gasteiger partial charge in [-0.15, -0.1) is 11.3 Å². The number of carboxylic acids is 1. The van der Waals surface area contributed by atoms with E-state index in [2.05, 4.69) is 15.5 Å². The molecule has 104 valence electrons. The molecule has 0 aliphatic heterocycles. The van der Waals surface area contributed by atoms with Crippen LogP contribution in [0.3, 0.4) is 0 Å². The summed E-state index contributed by atoms with van der Waals surface area (Å²) >= 11 is 1.68. The van der Waals surface area contributed by atoms with Crippen molar-refractivity contribution in [3.05, 3.63) is 33.6 Å². The van der Waals surface area contributed by atoms with Crippen molar-refractivity contribution in [2.45, 2.75) is 25.2 Å². The summed E-state index contributed by atoms with van der Waals surface area (Å²) in [6.07, 6.45) is 2.83. The highest BCUT2D eigenvalue weighted by molar-refractivity contribution is 7.10. The summed E-state index contributed by atoms with van der Waals surface area (Å²) in [4.78, 5) is 24.3. The first kappa shape index (κ1) is 12.9. The molecule has 0 aromatic carbocycles. The van der Waals surface area contributed by atoms with Gasteiger partial charge < -0.3 is 10.4 Å². The Kier molecular flexibility index (Phi) is 3.27. The Bertz CT molecular complexity index is 661. The molecular weight excluding hydrogens is 278 g/mol. The minimum Gasteiger partial charge on any atom is -0.477 e. The summed E-state index contributed by atoms with van der Waals surface area (Å²) in [6.45, 7) is 0. The lowest BCUT2D eigenvalue weighted by Crippen LogP contribution is -2.24. The average molecular weight is 291 g/mol. The molecule has 1 aliphatic carbocycles. The number of aromatic amines is 1. The molecule has 1 amide bonds. The number of nitrogens with one attached hydrogen (secondary N) is 2. The second kappa shape index (κ2) is 5.09. The van der Waals surface area contributed by atoms with E-state index in [9.17, 15) is 9.59 Å². The fourth-order valence-electron chi connectivity index (χ4n) is 2.47. The van der Waals surface area contributed by atoms with Crippen LogP contribution in [0.4, 0.5) is 5.82 Å². The first-order chi connectivity index (χ1) is 9.65. The normalized spacial score (nSPS) is 17.5. The lowest BCUT2D eigenvalue weighted by Gasteiger charge is -2.21. The van der Waals surface area contributed by atoms with Crippen molar-refractivity contribution in [1.29, 1.82) is 0 Å². The molecule has 3 N–H and O–H groups in total. The van der Waals surface area contributed by atoms with Crippen LogP contribution in [0.2, 0.25) is 0 Å². The maximum absolute atomic E-state index is 12.3. The molecule has 0 bridgehead atoms. The molecule has 0 saturated carbocycles. The average Bonchev–Trinajstić information content (AvgIpc) is 3.05. The first-order valence-electron chi connectivity index (χ1n) is 6.31. The van der Waals surface area contributed by atoms with E-state index in [1.165, 1.54) is 10.9 Å². The van der Waals surface area contributed by atoms with E-state index in [1.54, 1.807) is 11.3 Å². The highest BCUT2D eigenvalue weighted by Gasteiger charge is 2.27. The van der Waals surface area contributed by atoms with Crippen molar-refractivity contribution in [3.8, 4) is 0 Å². The van der Waals surface area contributed by atoms with Gasteiger partial charge in [-0.2, -0.15) is 5.10 Å². The van der Waals surface area contributed by atoms with Gasteiger partial charge in [0.05, 0.1) is 5.92 Å². The molecular formula is C13H13N3O3S. The molecule has 1 atom stereocenters. The molecule has 0 saturated heterocycles. The summed E-state index contributed by atoms with van der Waals surface area (Å²) in [7, 11) is 0. The smallest absolute Gasteiger partial charge is 0.353 e. The van der Waals surface area contributed by atoms with E-state index in [-0.39, 0.29) is 23.3 Å². The van der Waals surface area contributed by atoms with Gasteiger partial charge in [-0.3, -0.25) is 9.89 Å². The molecule has 0 radical (unpaired) electrons. The molecule has 0 spiro atoms. The van der Waals surface area contributed by atoms with Gasteiger partial charge >= 0.3 is 5.97 Å². The molecule has 20 heavy (non-hydrogen) atoms. The number of H-pyrrole nitrogens is 1. The van der Waals surface area contributed by atoms with Gasteiger partial charge in [-0.05, 0) is 36.3 Å². The van der Waals surface area contributed by atoms with E-state index in [0.717, 1.165) is 24.8 Å². The third-order valence-corrected chi connectivity index (χ3v) is 4.42. The molecule has 6 nitrogen and oxygen atoms in total. The largest absolute Gasteiger partial charge is 0.477 e. The topological polar surface area (TPSA) is 95.1 Å². The number of nitrogens with zero attached hydrogens (tertiary/aromatic N) is 1. The van der Waals surface area contributed by atoms with Crippen LogP contribution < -0.4 is 5.32 Å². The zero-order chi connectivity index (χ0) is 14.1. The number of hydrogen-bond donors (Lipinski definition) is 3. The van der Waals surface area contributed by atoms with Gasteiger partial charge in [0.1, 0.15) is 5.69 Å². The Hall–Kier alpha value is -2.15. The monoisotopic (exact) mass is 291 g/mol. The molecule has 1 aliphatic rings. The Morgan fingerprint density at radius 2 is 2.35 bits per heavy atom. The quantitative estimate of drug-likeness (QED) is 0.808. The Labute approximate surface area is 118 Å². The fourth-order valence-corrected chi connectivity index (χ4v) is 3.45. The number of carbonyl (C=O) groups excluding carboxylic acids is 1. The van der Waals surface area contributed by atoms with E-state index in [4.69, 9.17) is 5.11 Å². The van der Waals surface area contributed by atoms with Crippen LogP contribution in [0.5, 0.6) is 0 Å². The highest BCUT2D eigenvalue weighted by Crippen LogP contribution is 2.35. The Morgan fingerprint density at radius 3 is 3.10 bits per heavy atom. The maximum Gasteiger partial charge on any atom is 0.353 e. The number of thiophene rings is 1. The van der Waals surface area contributed by atoms with Crippen LogP contribution in [0, 0.1) is 0 Å². The van der Waals surface area contributed by atoms with Gasteiger partial charge in [-0.1, -0.05) is 0 Å². The third-order valence-electron chi connectivity index (χ3n) is 3.43. The number of carboxylic acid groups (broad SMARTS) is 1. The summed E-state index contributed by atoms with van der Waals surface area (Å²) < 4.78 is 0. The minimum absolute atomic E-state index is 0.0415. The number of hydrogen-bond acceptors (Lipinski definition) is 4. The van der Waals surface area contributed by atoms with Crippen molar-refractivity contribution < 1.29 is 14.7 Å². The summed E-state index contributed by atoms with van der Waals surface area (Å²) in [5.74, 6) is -1.16. The van der Waals surface area contributed by atoms with Gasteiger partial charge in [0, 0.05) is 10.9 Å². The van der Waals surface area contributed by atoms with Crippen molar-refractivity contribution in [2.24, 2.45) is 0 Å². The molecule has 2 aromatic heterocycles. The standard InChI is InChI=1S/C13H13N3O3S/c17-12(14-11-6-9(13(18)19)15-16-11)8-2-1-3-10-7(8)4-5-20-10/h4-6,8H,1-3H2,(H,18,19)(H2,14,15,16,17). The van der Waals surface area contributed by atoms with E-state index < -0.39 is 5.97 Å². The van der Waals surface area contributed by atoms with Crippen LogP contribution in [0.1, 0.15) is 39.7 Å². The SMILES string of the molecule is O=C(O)c1cc(NC(=O)C2CCCc3sccc32)n[nH]1. The van der Waals surface area contributed by atoms with Gasteiger partial charge in [0.2, 0.25) is 5.91 Å². The summed E-state index contributed by atoms with van der Waals surface area (Å²) in [6, 6.07) is 3.31. The Morgan fingerprint density at radius 1 is 1.50 bits per heavy atom. The number of rotatable bonds is 3. The van der Waals surface area contributed by atoms with Crippen molar-refractivity contribution >= 4 is 29.0 Å². The van der Waals surface area contributed by atoms with Crippen LogP contribution in [0.15, 0.2) is 17.5 Å². The van der Waals surface area contributed by atoms with Crippen LogP contribution in [-0.2, 0) is 11.2 Å². The number of anilines is 1. The molecule has 3 rings (SSSR count). The Balaban J connectivity index is 1.75. The number of aromatic carboxylic acids is 1. The lowest BCUT2D eigenvalue weighted by molar-refractivity contribution is -0.117. The first-order valence-corrected chi connectivity index (χ1v) is 7.19. The zero-order valence-corrected chi connectivity index (χ0v) is 11.4. The molecule has 2 aromatic rings. The predicted molar refractivity (Wildman–Crippen MR) is 74.2 cm³/mol. The van der Waals surface area contributed by atoms with Gasteiger partial charge in [-0.25, -0.2) is 4.79 Å². The van der Waals surface area contributed by atoms with Crippen LogP contribution in [-0.4, -0.2) is 27.2 Å². The number of amides is 1. The van der Waals surface area contributed by atoms with E-state index >= 15 is 0 Å². The van der Waals surface area contributed by atoms with E-state index in [0.29, 0.717) is 0 Å². The second-order valence-electron chi connectivity index (χ2n) is 4.71. The van der Waals surface area contributed by atoms with E-state index in [1.807, 2.05) is 11.4 Å². The molecule has 1 unspecified atom stereocenters. The maximum atomic E-state index is 12.3. The summed E-state index contributed by atoms with van der Waals surface area (Å²) in [5, 5.41) is 19.6. The number of carbonyl (C=O) groups is 2. The van der Waals surface area contributed by atoms with Crippen molar-refractivity contribution in [1.82, 2.24) is 10.2 Å². The molecule has 0 fully saturated rings. The number of aromatic nitrogens is 2. The van der Waals surface area contributed by atoms with Crippen LogP contribution >= 0.6 is 11.3 Å². The van der Waals surface area contributed by atoms with Gasteiger partial charge in [0.15, 0.2) is 5.82 Å². The van der Waals surface area contributed by atoms with Gasteiger partial charge in [0.25, 0.3) is 0 Å². The second-order valence-corrected chi connectivity index (χ2v) is 5.71. The van der Waals surface area contributed by atoms with Crippen molar-refractivity contribution in [2.75, 3.05) is 5.32 Å². The third kappa shape index (κ3) is 2.32.